The molecule has 0 spiro atoms. The molecule has 0 atom stereocenters. The van der Waals surface area contributed by atoms with Crippen molar-refractivity contribution in [2.24, 2.45) is 0 Å². The Hall–Kier alpha value is -3.15. The number of rotatable bonds is 4. The highest BCUT2D eigenvalue weighted by Gasteiger charge is 2.14. The molecular weight excluding hydrogens is 284 g/mol. The molecule has 0 aliphatic heterocycles. The first-order valence-corrected chi connectivity index (χ1v) is 6.53. The van der Waals surface area contributed by atoms with Gasteiger partial charge in [-0.3, -0.25) is 14.9 Å². The second-order valence-corrected chi connectivity index (χ2v) is 4.78. The highest BCUT2D eigenvalue weighted by atomic mass is 16.6. The normalized spacial score (nSPS) is 10.6. The number of aromatic nitrogens is 1. The predicted octanol–water partition coefficient (Wildman–Crippen LogP) is 3.56. The summed E-state index contributed by atoms with van der Waals surface area (Å²) in [6.45, 7) is 0. The van der Waals surface area contributed by atoms with Gasteiger partial charge in [0.05, 0.1) is 12.0 Å². The molecule has 1 N–H and O–H groups in total. The summed E-state index contributed by atoms with van der Waals surface area (Å²) >= 11 is 0. The van der Waals surface area contributed by atoms with Crippen LogP contribution in [-0.2, 0) is 0 Å². The van der Waals surface area contributed by atoms with Gasteiger partial charge in [0.1, 0.15) is 5.75 Å². The maximum Gasteiger partial charge on any atom is 0.270 e. The number of aromatic amines is 1. The van der Waals surface area contributed by atoms with Crippen molar-refractivity contribution >= 4 is 22.9 Å². The summed E-state index contributed by atoms with van der Waals surface area (Å²) in [6, 6.07) is 11.5. The first-order valence-electron chi connectivity index (χ1n) is 6.53. The van der Waals surface area contributed by atoms with E-state index in [-0.39, 0.29) is 5.69 Å². The minimum Gasteiger partial charge on any atom is -0.497 e. The van der Waals surface area contributed by atoms with Crippen LogP contribution in [-0.4, -0.2) is 23.3 Å². The van der Waals surface area contributed by atoms with Gasteiger partial charge in [0.2, 0.25) is 0 Å². The molecule has 0 fully saturated rings. The molecule has 0 amide bonds. The average Bonchev–Trinajstić information content (AvgIpc) is 2.96. The molecule has 0 bridgehead atoms. The zero-order chi connectivity index (χ0) is 15.7. The molecule has 0 aliphatic rings. The van der Waals surface area contributed by atoms with E-state index in [0.29, 0.717) is 28.9 Å². The monoisotopic (exact) mass is 296 g/mol. The van der Waals surface area contributed by atoms with Crippen LogP contribution in [0.3, 0.4) is 0 Å². The van der Waals surface area contributed by atoms with Crippen LogP contribution in [0.25, 0.3) is 22.2 Å². The summed E-state index contributed by atoms with van der Waals surface area (Å²) in [7, 11) is 1.58. The lowest BCUT2D eigenvalue weighted by Crippen LogP contribution is -1.92. The Kier molecular flexibility index (Phi) is 3.34. The van der Waals surface area contributed by atoms with Crippen molar-refractivity contribution in [3.05, 3.63) is 58.1 Å². The molecule has 6 nitrogen and oxygen atoms in total. The van der Waals surface area contributed by atoms with Gasteiger partial charge >= 0.3 is 0 Å². The van der Waals surface area contributed by atoms with Crippen LogP contribution in [0.15, 0.2) is 42.5 Å². The summed E-state index contributed by atoms with van der Waals surface area (Å²) in [5.74, 6) is 0.715. The van der Waals surface area contributed by atoms with Crippen LogP contribution in [0, 0.1) is 10.1 Å². The van der Waals surface area contributed by atoms with E-state index in [1.165, 1.54) is 18.2 Å². The third-order valence-corrected chi connectivity index (χ3v) is 3.49. The first-order chi connectivity index (χ1) is 10.6. The third kappa shape index (κ3) is 2.31. The molecule has 0 saturated carbocycles. The maximum absolute atomic E-state index is 11.2. The van der Waals surface area contributed by atoms with Crippen LogP contribution < -0.4 is 4.74 Å². The molecule has 1 aromatic heterocycles. The van der Waals surface area contributed by atoms with Gasteiger partial charge in [-0.25, -0.2) is 0 Å². The van der Waals surface area contributed by atoms with E-state index < -0.39 is 4.92 Å². The van der Waals surface area contributed by atoms with Crippen molar-refractivity contribution in [3.63, 3.8) is 0 Å². The Balaban J connectivity index is 2.19. The van der Waals surface area contributed by atoms with Crippen LogP contribution in [0.4, 0.5) is 5.69 Å². The molecule has 3 rings (SSSR count). The zero-order valence-electron chi connectivity index (χ0n) is 11.7. The van der Waals surface area contributed by atoms with Crippen LogP contribution in [0.5, 0.6) is 5.75 Å². The van der Waals surface area contributed by atoms with E-state index >= 15 is 0 Å². The summed E-state index contributed by atoms with van der Waals surface area (Å²) < 4.78 is 5.17. The second-order valence-electron chi connectivity index (χ2n) is 4.78. The van der Waals surface area contributed by atoms with Crippen molar-refractivity contribution < 1.29 is 14.5 Å². The standard InChI is InChI=1S/C16H12N2O4/c1-22-13-4-5-15-11(6-13)7-16(17-15)14-8-12(18(20)21)3-2-10(14)9-19/h2-9,17H,1H3. The number of ether oxygens (including phenoxy) is 1. The second kappa shape index (κ2) is 5.33. The number of non-ortho nitro benzene ring substituents is 1. The van der Waals surface area contributed by atoms with Crippen molar-refractivity contribution in [3.8, 4) is 17.0 Å². The number of fused-ring (bicyclic) bond motifs is 1. The van der Waals surface area contributed by atoms with Crippen LogP contribution in [0.2, 0.25) is 0 Å². The summed E-state index contributed by atoms with van der Waals surface area (Å²) in [5, 5.41) is 11.8. The molecule has 6 heteroatoms. The number of hydrogen-bond donors (Lipinski definition) is 1. The fourth-order valence-electron chi connectivity index (χ4n) is 2.38. The molecule has 110 valence electrons. The average molecular weight is 296 g/mol. The van der Waals surface area contributed by atoms with E-state index in [0.717, 1.165) is 10.9 Å². The lowest BCUT2D eigenvalue weighted by molar-refractivity contribution is -0.384. The van der Waals surface area contributed by atoms with Crippen molar-refractivity contribution in [1.29, 1.82) is 0 Å². The SMILES string of the molecule is COc1ccc2[nH]c(-c3cc([N+](=O)[O-])ccc3C=O)cc2c1. The molecule has 0 saturated heterocycles. The van der Waals surface area contributed by atoms with Gasteiger partial charge in [0.15, 0.2) is 6.29 Å². The number of aldehydes is 1. The Labute approximate surface area is 125 Å². The topological polar surface area (TPSA) is 85.2 Å². The van der Waals surface area contributed by atoms with Gasteiger partial charge in [-0.05, 0) is 30.3 Å². The number of benzene rings is 2. The minimum atomic E-state index is -0.482. The maximum atomic E-state index is 11.2. The molecule has 0 radical (unpaired) electrons. The number of H-pyrrole nitrogens is 1. The van der Waals surface area contributed by atoms with Gasteiger partial charge in [-0.15, -0.1) is 0 Å². The van der Waals surface area contributed by atoms with Crippen LogP contribution in [0.1, 0.15) is 10.4 Å². The van der Waals surface area contributed by atoms with Crippen molar-refractivity contribution in [1.82, 2.24) is 4.98 Å². The Morgan fingerprint density at radius 2 is 2.00 bits per heavy atom. The largest absolute Gasteiger partial charge is 0.497 e. The smallest absolute Gasteiger partial charge is 0.270 e. The number of nitrogens with one attached hydrogen (secondary N) is 1. The molecule has 1 heterocycles. The summed E-state index contributed by atoms with van der Waals surface area (Å²) in [6.07, 6.45) is 0.686. The molecule has 0 aliphatic carbocycles. The van der Waals surface area contributed by atoms with Crippen LogP contribution >= 0.6 is 0 Å². The Bertz CT molecular complexity index is 883. The fourth-order valence-corrected chi connectivity index (χ4v) is 2.38. The van der Waals surface area contributed by atoms with E-state index in [9.17, 15) is 14.9 Å². The molecule has 2 aromatic carbocycles. The Morgan fingerprint density at radius 1 is 1.18 bits per heavy atom. The van der Waals surface area contributed by atoms with Gasteiger partial charge in [0.25, 0.3) is 5.69 Å². The number of nitrogens with zero attached hydrogens (tertiary/aromatic N) is 1. The van der Waals surface area contributed by atoms with Crippen molar-refractivity contribution in [2.45, 2.75) is 0 Å². The number of nitro groups is 1. The van der Waals surface area contributed by atoms with E-state index in [1.807, 2.05) is 24.3 Å². The molecule has 22 heavy (non-hydrogen) atoms. The van der Waals surface area contributed by atoms with Crippen molar-refractivity contribution in [2.75, 3.05) is 7.11 Å². The number of carbonyl (C=O) groups is 1. The lowest BCUT2D eigenvalue weighted by atomic mass is 10.0. The van der Waals surface area contributed by atoms with E-state index in [4.69, 9.17) is 4.74 Å². The molecule has 3 aromatic rings. The van der Waals surface area contributed by atoms with Gasteiger partial charge in [-0.2, -0.15) is 0 Å². The van der Waals surface area contributed by atoms with E-state index in [1.54, 1.807) is 7.11 Å². The molecular formula is C16H12N2O4. The highest BCUT2D eigenvalue weighted by molar-refractivity contribution is 5.93. The molecule has 0 unspecified atom stereocenters. The Morgan fingerprint density at radius 3 is 2.68 bits per heavy atom. The van der Waals surface area contributed by atoms with E-state index in [2.05, 4.69) is 4.98 Å². The number of carbonyl (C=O) groups excluding carboxylic acids is 1. The summed E-state index contributed by atoms with van der Waals surface area (Å²) in [4.78, 5) is 24.8. The zero-order valence-corrected chi connectivity index (χ0v) is 11.7. The summed E-state index contributed by atoms with van der Waals surface area (Å²) in [5.41, 5.74) is 2.34. The number of methoxy groups -OCH3 is 1. The van der Waals surface area contributed by atoms with Gasteiger partial charge in [0, 0.05) is 39.9 Å². The third-order valence-electron chi connectivity index (χ3n) is 3.49. The predicted molar refractivity (Wildman–Crippen MR) is 82.3 cm³/mol. The first kappa shape index (κ1) is 13.8. The quantitative estimate of drug-likeness (QED) is 0.453. The van der Waals surface area contributed by atoms with Gasteiger partial charge in [-0.1, -0.05) is 0 Å². The fraction of sp³-hybridized carbons (Fsp3) is 0.0625. The number of hydrogen-bond acceptors (Lipinski definition) is 4. The van der Waals surface area contributed by atoms with Gasteiger partial charge < -0.3 is 9.72 Å². The minimum absolute atomic E-state index is 0.0585. The highest BCUT2D eigenvalue weighted by Crippen LogP contribution is 2.30. The number of nitro benzene ring substituents is 1. The lowest BCUT2D eigenvalue weighted by Gasteiger charge is -2.02.